The molecule has 1 aromatic rings. The lowest BCUT2D eigenvalue weighted by atomic mass is 10.2. The number of benzene rings is 1. The molecule has 0 aliphatic heterocycles. The predicted molar refractivity (Wildman–Crippen MR) is 85.9 cm³/mol. The average Bonchev–Trinajstić information content (AvgIpc) is 2.39. The standard InChI is InChI=1S/C14H20BrN3O3/c1-17(2)7-4-8-18(3)14(21)16-12-6-5-10(15)9-11(12)13(19)20/h5-6,9H,4,7-8H2,1-3H3,(H,16,21)(H,19,20). The van der Waals surface area contributed by atoms with E-state index in [0.717, 1.165) is 13.0 Å². The van der Waals surface area contributed by atoms with E-state index in [1.54, 1.807) is 19.2 Å². The number of carboxylic acids is 1. The van der Waals surface area contributed by atoms with Crippen molar-refractivity contribution in [2.45, 2.75) is 6.42 Å². The zero-order valence-electron chi connectivity index (χ0n) is 12.4. The number of rotatable bonds is 6. The Morgan fingerprint density at radius 1 is 1.24 bits per heavy atom. The van der Waals surface area contributed by atoms with Crippen LogP contribution in [0.2, 0.25) is 0 Å². The van der Waals surface area contributed by atoms with Gasteiger partial charge in [0.1, 0.15) is 0 Å². The van der Waals surface area contributed by atoms with Crippen LogP contribution in [0.3, 0.4) is 0 Å². The second kappa shape index (κ2) is 7.99. The van der Waals surface area contributed by atoms with Crippen molar-refractivity contribution < 1.29 is 14.7 Å². The van der Waals surface area contributed by atoms with Crippen LogP contribution in [-0.4, -0.2) is 61.1 Å². The molecule has 2 amide bonds. The number of hydrogen-bond acceptors (Lipinski definition) is 3. The van der Waals surface area contributed by atoms with E-state index in [0.29, 0.717) is 11.0 Å². The molecule has 0 saturated heterocycles. The first-order valence-corrected chi connectivity index (χ1v) is 7.30. The van der Waals surface area contributed by atoms with Crippen molar-refractivity contribution in [2.24, 2.45) is 0 Å². The molecule has 0 aromatic heterocycles. The molecule has 0 spiro atoms. The lowest BCUT2D eigenvalue weighted by Crippen LogP contribution is -2.33. The maximum absolute atomic E-state index is 12.0. The largest absolute Gasteiger partial charge is 0.478 e. The summed E-state index contributed by atoms with van der Waals surface area (Å²) in [6, 6.07) is 4.40. The summed E-state index contributed by atoms with van der Waals surface area (Å²) in [7, 11) is 5.63. The Kier molecular flexibility index (Phi) is 6.64. The van der Waals surface area contributed by atoms with Gasteiger partial charge in [-0.1, -0.05) is 15.9 Å². The molecule has 6 nitrogen and oxygen atoms in total. The van der Waals surface area contributed by atoms with E-state index >= 15 is 0 Å². The first-order chi connectivity index (χ1) is 9.81. The number of halogens is 1. The van der Waals surface area contributed by atoms with Crippen LogP contribution in [0.4, 0.5) is 10.5 Å². The van der Waals surface area contributed by atoms with Gasteiger partial charge >= 0.3 is 12.0 Å². The van der Waals surface area contributed by atoms with Crippen molar-refractivity contribution >= 4 is 33.6 Å². The fraction of sp³-hybridized carbons (Fsp3) is 0.429. The summed E-state index contributed by atoms with van der Waals surface area (Å²) >= 11 is 3.22. The summed E-state index contributed by atoms with van der Waals surface area (Å²) in [4.78, 5) is 26.8. The second-order valence-corrected chi connectivity index (χ2v) is 5.92. The monoisotopic (exact) mass is 357 g/mol. The minimum Gasteiger partial charge on any atom is -0.478 e. The van der Waals surface area contributed by atoms with E-state index in [1.165, 1.54) is 11.0 Å². The van der Waals surface area contributed by atoms with Crippen LogP contribution in [0.25, 0.3) is 0 Å². The van der Waals surface area contributed by atoms with Crippen molar-refractivity contribution in [3.63, 3.8) is 0 Å². The lowest BCUT2D eigenvalue weighted by molar-refractivity contribution is 0.0698. The Hall–Kier alpha value is -1.60. The van der Waals surface area contributed by atoms with Gasteiger partial charge in [-0.05, 0) is 45.3 Å². The highest BCUT2D eigenvalue weighted by Crippen LogP contribution is 2.21. The van der Waals surface area contributed by atoms with Gasteiger partial charge in [0.15, 0.2) is 0 Å². The molecule has 0 aliphatic rings. The van der Waals surface area contributed by atoms with Crippen LogP contribution in [0, 0.1) is 0 Å². The van der Waals surface area contributed by atoms with Gasteiger partial charge in [0, 0.05) is 18.1 Å². The summed E-state index contributed by atoms with van der Waals surface area (Å²) in [5, 5.41) is 11.8. The highest BCUT2D eigenvalue weighted by Gasteiger charge is 2.15. The van der Waals surface area contributed by atoms with Gasteiger partial charge in [0.25, 0.3) is 0 Å². The number of amides is 2. The summed E-state index contributed by atoms with van der Waals surface area (Å²) in [5.41, 5.74) is 0.342. The van der Waals surface area contributed by atoms with Crippen molar-refractivity contribution in [3.8, 4) is 0 Å². The van der Waals surface area contributed by atoms with E-state index < -0.39 is 5.97 Å². The summed E-state index contributed by atoms with van der Waals surface area (Å²) < 4.78 is 0.650. The first-order valence-electron chi connectivity index (χ1n) is 6.51. The van der Waals surface area contributed by atoms with Gasteiger partial charge in [-0.3, -0.25) is 0 Å². The summed E-state index contributed by atoms with van der Waals surface area (Å²) in [5.74, 6) is -1.08. The van der Waals surface area contributed by atoms with Crippen molar-refractivity contribution in [1.29, 1.82) is 0 Å². The Morgan fingerprint density at radius 3 is 2.48 bits per heavy atom. The number of carboxylic acid groups (broad SMARTS) is 1. The van der Waals surface area contributed by atoms with Crippen LogP contribution in [0.1, 0.15) is 16.8 Å². The molecule has 0 bridgehead atoms. The number of urea groups is 1. The zero-order valence-corrected chi connectivity index (χ0v) is 14.0. The molecule has 0 atom stereocenters. The van der Waals surface area contributed by atoms with Crippen molar-refractivity contribution in [3.05, 3.63) is 28.2 Å². The fourth-order valence-electron chi connectivity index (χ4n) is 1.74. The van der Waals surface area contributed by atoms with Crippen molar-refractivity contribution in [2.75, 3.05) is 39.5 Å². The van der Waals surface area contributed by atoms with Gasteiger partial charge in [-0.25, -0.2) is 9.59 Å². The minimum absolute atomic E-state index is 0.0550. The van der Waals surface area contributed by atoms with E-state index in [2.05, 4.69) is 21.2 Å². The molecule has 0 aliphatic carbocycles. The van der Waals surface area contributed by atoms with Gasteiger partial charge in [-0.15, -0.1) is 0 Å². The molecule has 116 valence electrons. The molecule has 0 saturated carbocycles. The smallest absolute Gasteiger partial charge is 0.337 e. The fourth-order valence-corrected chi connectivity index (χ4v) is 2.10. The van der Waals surface area contributed by atoms with Gasteiger partial charge < -0.3 is 20.2 Å². The summed E-state index contributed by atoms with van der Waals surface area (Å²) in [6.07, 6.45) is 0.850. The Bertz CT molecular complexity index is 520. The lowest BCUT2D eigenvalue weighted by Gasteiger charge is -2.19. The zero-order chi connectivity index (χ0) is 16.0. The molecule has 1 rings (SSSR count). The molecular weight excluding hydrogens is 338 g/mol. The minimum atomic E-state index is -1.08. The third kappa shape index (κ3) is 5.73. The quantitative estimate of drug-likeness (QED) is 0.820. The van der Waals surface area contributed by atoms with Gasteiger partial charge in [-0.2, -0.15) is 0 Å². The Morgan fingerprint density at radius 2 is 1.90 bits per heavy atom. The van der Waals surface area contributed by atoms with Gasteiger partial charge in [0.2, 0.25) is 0 Å². The molecular formula is C14H20BrN3O3. The molecule has 0 heterocycles. The number of nitrogens with zero attached hydrogens (tertiary/aromatic N) is 2. The van der Waals surface area contributed by atoms with E-state index in [9.17, 15) is 9.59 Å². The maximum Gasteiger partial charge on any atom is 0.337 e. The van der Waals surface area contributed by atoms with E-state index in [1.807, 2.05) is 19.0 Å². The van der Waals surface area contributed by atoms with E-state index in [-0.39, 0.29) is 17.3 Å². The van der Waals surface area contributed by atoms with Crippen LogP contribution in [-0.2, 0) is 0 Å². The molecule has 0 radical (unpaired) electrons. The number of hydrogen-bond donors (Lipinski definition) is 2. The number of aromatic carboxylic acids is 1. The Labute approximate surface area is 132 Å². The van der Waals surface area contributed by atoms with Crippen LogP contribution in [0.15, 0.2) is 22.7 Å². The first kappa shape index (κ1) is 17.5. The third-order valence-corrected chi connectivity index (χ3v) is 3.39. The SMILES string of the molecule is CN(C)CCCN(C)C(=O)Nc1ccc(Br)cc1C(=O)O. The number of anilines is 1. The molecule has 0 unspecified atom stereocenters. The molecule has 2 N–H and O–H groups in total. The van der Waals surface area contributed by atoms with Gasteiger partial charge in [0.05, 0.1) is 11.3 Å². The van der Waals surface area contributed by atoms with Crippen LogP contribution < -0.4 is 5.32 Å². The van der Waals surface area contributed by atoms with E-state index in [4.69, 9.17) is 5.11 Å². The third-order valence-electron chi connectivity index (χ3n) is 2.90. The van der Waals surface area contributed by atoms with Crippen LogP contribution >= 0.6 is 15.9 Å². The van der Waals surface area contributed by atoms with Crippen molar-refractivity contribution in [1.82, 2.24) is 9.80 Å². The maximum atomic E-state index is 12.0. The molecule has 21 heavy (non-hydrogen) atoms. The highest BCUT2D eigenvalue weighted by atomic mass is 79.9. The second-order valence-electron chi connectivity index (χ2n) is 5.00. The molecule has 1 aromatic carbocycles. The number of carbonyl (C=O) groups excluding carboxylic acids is 1. The van der Waals surface area contributed by atoms with Crippen LogP contribution in [0.5, 0.6) is 0 Å². The Balaban J connectivity index is 2.68. The topological polar surface area (TPSA) is 72.9 Å². The molecule has 7 heteroatoms. The average molecular weight is 358 g/mol. The molecule has 0 fully saturated rings. The number of carbonyl (C=O) groups is 2. The summed E-state index contributed by atoms with van der Waals surface area (Å²) in [6.45, 7) is 1.49. The predicted octanol–water partition coefficient (Wildman–Crippen LogP) is 2.56. The highest BCUT2D eigenvalue weighted by molar-refractivity contribution is 9.10. The normalized spacial score (nSPS) is 10.5. The number of nitrogens with one attached hydrogen (secondary N) is 1.